The van der Waals surface area contributed by atoms with Gasteiger partial charge in [0.05, 0.1) is 22.6 Å². The van der Waals surface area contributed by atoms with Gasteiger partial charge in [0.1, 0.15) is 5.82 Å². The van der Waals surface area contributed by atoms with Crippen molar-refractivity contribution in [2.75, 3.05) is 38.2 Å². The molecule has 2 aromatic rings. The maximum Gasteiger partial charge on any atom is 0.417 e. The second-order valence-corrected chi connectivity index (χ2v) is 6.86. The molecule has 0 aliphatic carbocycles. The van der Waals surface area contributed by atoms with E-state index in [-0.39, 0.29) is 40.9 Å². The van der Waals surface area contributed by atoms with Gasteiger partial charge < -0.3 is 14.5 Å². The average molecular weight is 445 g/mol. The van der Waals surface area contributed by atoms with Crippen LogP contribution in [0.25, 0.3) is 0 Å². The first-order valence-corrected chi connectivity index (χ1v) is 9.09. The number of hydrogen-bond acceptors (Lipinski definition) is 6. The number of pyridine rings is 1. The molecule has 1 aliphatic heterocycles. The number of halogens is 4. The highest BCUT2D eigenvalue weighted by molar-refractivity contribution is 6.33. The Balaban J connectivity index is 1.71. The number of nitro benzene ring substituents is 1. The van der Waals surface area contributed by atoms with Gasteiger partial charge in [0.25, 0.3) is 5.91 Å². The molecule has 1 fully saturated rings. The van der Waals surface area contributed by atoms with Gasteiger partial charge in [-0.1, -0.05) is 11.6 Å². The zero-order valence-electron chi connectivity index (χ0n) is 15.6. The largest absolute Gasteiger partial charge is 0.490 e. The lowest BCUT2D eigenvalue weighted by atomic mass is 10.1. The normalized spacial score (nSPS) is 14.6. The maximum atomic E-state index is 12.8. The minimum Gasteiger partial charge on any atom is -0.490 e. The number of methoxy groups -OCH3 is 1. The van der Waals surface area contributed by atoms with E-state index in [1.165, 1.54) is 24.1 Å². The van der Waals surface area contributed by atoms with Crippen LogP contribution in [0.4, 0.5) is 24.7 Å². The van der Waals surface area contributed by atoms with Crippen LogP contribution in [0.15, 0.2) is 30.5 Å². The highest BCUT2D eigenvalue weighted by atomic mass is 35.5. The number of carbonyl (C=O) groups is 1. The van der Waals surface area contributed by atoms with Crippen molar-refractivity contribution in [1.29, 1.82) is 0 Å². The molecular weight excluding hydrogens is 429 g/mol. The van der Waals surface area contributed by atoms with Crippen molar-refractivity contribution in [3.8, 4) is 5.75 Å². The van der Waals surface area contributed by atoms with Crippen molar-refractivity contribution < 1.29 is 27.6 Å². The third-order valence-corrected chi connectivity index (χ3v) is 4.92. The molecule has 0 unspecified atom stereocenters. The lowest BCUT2D eigenvalue weighted by Gasteiger charge is -2.35. The molecule has 160 valence electrons. The Morgan fingerprint density at radius 2 is 1.90 bits per heavy atom. The van der Waals surface area contributed by atoms with Crippen LogP contribution in [0.3, 0.4) is 0 Å². The average Bonchev–Trinajstić information content (AvgIpc) is 2.72. The zero-order valence-corrected chi connectivity index (χ0v) is 16.4. The van der Waals surface area contributed by atoms with E-state index < -0.39 is 22.6 Å². The Morgan fingerprint density at radius 1 is 1.23 bits per heavy atom. The van der Waals surface area contributed by atoms with Gasteiger partial charge in [-0.15, -0.1) is 0 Å². The molecule has 1 saturated heterocycles. The smallest absolute Gasteiger partial charge is 0.417 e. The van der Waals surface area contributed by atoms with Crippen molar-refractivity contribution in [1.82, 2.24) is 9.88 Å². The standard InChI is InChI=1S/C18H16ClF3N4O4/c1-30-15-3-2-11(8-14(15)26(28)29)17(27)25-6-4-24(5-7-25)16-13(19)9-12(10-23-16)18(20,21)22/h2-3,8-10H,4-7H2,1H3. The van der Waals surface area contributed by atoms with Crippen molar-refractivity contribution in [2.24, 2.45) is 0 Å². The Kier molecular flexibility index (Phi) is 6.01. The minimum absolute atomic E-state index is 0.0457. The number of rotatable bonds is 4. The summed E-state index contributed by atoms with van der Waals surface area (Å²) in [6.45, 7) is 1.08. The second-order valence-electron chi connectivity index (χ2n) is 6.45. The molecule has 1 aromatic heterocycles. The number of alkyl halides is 3. The van der Waals surface area contributed by atoms with E-state index in [4.69, 9.17) is 16.3 Å². The number of hydrogen-bond donors (Lipinski definition) is 0. The van der Waals surface area contributed by atoms with Gasteiger partial charge in [-0.3, -0.25) is 14.9 Å². The summed E-state index contributed by atoms with van der Waals surface area (Å²) in [6.07, 6.45) is -3.82. The minimum atomic E-state index is -4.54. The van der Waals surface area contributed by atoms with Crippen LogP contribution < -0.4 is 9.64 Å². The number of carbonyl (C=O) groups excluding carboxylic acids is 1. The topological polar surface area (TPSA) is 88.8 Å². The molecule has 1 aliphatic rings. The molecule has 0 bridgehead atoms. The van der Waals surface area contributed by atoms with E-state index >= 15 is 0 Å². The number of amides is 1. The Bertz CT molecular complexity index is 978. The third kappa shape index (κ3) is 4.40. The molecule has 1 amide bonds. The fraction of sp³-hybridized carbons (Fsp3) is 0.333. The van der Waals surface area contributed by atoms with E-state index in [0.717, 1.165) is 18.3 Å². The molecular formula is C18H16ClF3N4O4. The summed E-state index contributed by atoms with van der Waals surface area (Å²) in [4.78, 5) is 30.2. The number of piperazine rings is 1. The summed E-state index contributed by atoms with van der Waals surface area (Å²) < 4.78 is 43.2. The van der Waals surface area contributed by atoms with E-state index in [2.05, 4.69) is 4.98 Å². The number of ether oxygens (including phenoxy) is 1. The first-order chi connectivity index (χ1) is 14.1. The number of nitro groups is 1. The number of aromatic nitrogens is 1. The van der Waals surface area contributed by atoms with E-state index in [1.54, 1.807) is 4.90 Å². The van der Waals surface area contributed by atoms with Gasteiger partial charge in [-0.2, -0.15) is 13.2 Å². The highest BCUT2D eigenvalue weighted by Gasteiger charge is 2.32. The predicted octanol–water partition coefficient (Wildman–Crippen LogP) is 3.63. The zero-order chi connectivity index (χ0) is 22.1. The molecule has 0 spiro atoms. The first-order valence-electron chi connectivity index (χ1n) is 8.71. The van der Waals surface area contributed by atoms with Crippen LogP contribution in [-0.4, -0.2) is 54.0 Å². The molecule has 12 heteroatoms. The summed E-state index contributed by atoms with van der Waals surface area (Å²) in [5, 5.41) is 11.0. The van der Waals surface area contributed by atoms with Crippen LogP contribution in [0.5, 0.6) is 5.75 Å². The van der Waals surface area contributed by atoms with Gasteiger partial charge in [0.2, 0.25) is 0 Å². The van der Waals surface area contributed by atoms with Crippen LogP contribution in [-0.2, 0) is 6.18 Å². The fourth-order valence-electron chi connectivity index (χ4n) is 3.09. The number of anilines is 1. The SMILES string of the molecule is COc1ccc(C(=O)N2CCN(c3ncc(C(F)(F)F)cc3Cl)CC2)cc1[N+](=O)[O-]. The van der Waals surface area contributed by atoms with E-state index in [0.29, 0.717) is 13.1 Å². The summed E-state index contributed by atoms with van der Waals surface area (Å²) in [7, 11) is 1.30. The predicted molar refractivity (Wildman–Crippen MR) is 102 cm³/mol. The van der Waals surface area contributed by atoms with E-state index in [9.17, 15) is 28.1 Å². The van der Waals surface area contributed by atoms with Gasteiger partial charge in [0, 0.05) is 44.0 Å². The molecule has 2 heterocycles. The van der Waals surface area contributed by atoms with Crippen LogP contribution in [0.2, 0.25) is 5.02 Å². The molecule has 0 atom stereocenters. The molecule has 3 rings (SSSR count). The monoisotopic (exact) mass is 444 g/mol. The molecule has 1 aromatic carbocycles. The summed E-state index contributed by atoms with van der Waals surface area (Å²) in [5.41, 5.74) is -1.12. The molecule has 0 saturated carbocycles. The summed E-state index contributed by atoms with van der Waals surface area (Å²) in [5.74, 6) is -0.145. The molecule has 8 nitrogen and oxygen atoms in total. The third-order valence-electron chi connectivity index (χ3n) is 4.64. The Morgan fingerprint density at radius 3 is 2.43 bits per heavy atom. The van der Waals surface area contributed by atoms with Crippen LogP contribution in [0, 0.1) is 10.1 Å². The Hall–Kier alpha value is -3.08. The van der Waals surface area contributed by atoms with Gasteiger partial charge >= 0.3 is 11.9 Å². The highest BCUT2D eigenvalue weighted by Crippen LogP contribution is 2.34. The molecule has 0 radical (unpaired) electrons. The number of nitrogens with zero attached hydrogens (tertiary/aromatic N) is 4. The Labute approximate surface area is 174 Å². The van der Waals surface area contributed by atoms with Crippen LogP contribution >= 0.6 is 11.6 Å². The van der Waals surface area contributed by atoms with Gasteiger partial charge in [-0.05, 0) is 18.2 Å². The van der Waals surface area contributed by atoms with Gasteiger partial charge in [0.15, 0.2) is 5.75 Å². The summed E-state index contributed by atoms with van der Waals surface area (Å²) in [6, 6.07) is 4.77. The number of benzene rings is 1. The van der Waals surface area contributed by atoms with Crippen molar-refractivity contribution in [3.63, 3.8) is 0 Å². The molecule has 30 heavy (non-hydrogen) atoms. The summed E-state index contributed by atoms with van der Waals surface area (Å²) >= 11 is 5.98. The molecule has 0 N–H and O–H groups in total. The lowest BCUT2D eigenvalue weighted by molar-refractivity contribution is -0.385. The lowest BCUT2D eigenvalue weighted by Crippen LogP contribution is -2.49. The second kappa shape index (κ2) is 8.34. The maximum absolute atomic E-state index is 12.8. The van der Waals surface area contributed by atoms with Crippen LogP contribution in [0.1, 0.15) is 15.9 Å². The fourth-order valence-corrected chi connectivity index (χ4v) is 3.37. The first kappa shape index (κ1) is 21.6. The van der Waals surface area contributed by atoms with Gasteiger partial charge in [-0.25, -0.2) is 4.98 Å². The van der Waals surface area contributed by atoms with Crippen molar-refractivity contribution in [2.45, 2.75) is 6.18 Å². The van der Waals surface area contributed by atoms with Crippen molar-refractivity contribution >= 4 is 29.0 Å². The van der Waals surface area contributed by atoms with E-state index in [1.807, 2.05) is 0 Å². The van der Waals surface area contributed by atoms with Crippen molar-refractivity contribution in [3.05, 3.63) is 56.7 Å². The quantitative estimate of drug-likeness (QED) is 0.528.